The van der Waals surface area contributed by atoms with Crippen LogP contribution in [0.25, 0.3) is 11.0 Å². The predicted molar refractivity (Wildman–Crippen MR) is 146 cm³/mol. The average Bonchev–Trinajstić information content (AvgIpc) is 3.08. The number of rotatable bonds is 7. The third kappa shape index (κ3) is 8.19. The van der Waals surface area contributed by atoms with Gasteiger partial charge in [-0.05, 0) is 26.0 Å². The van der Waals surface area contributed by atoms with E-state index in [4.69, 9.17) is 26.4 Å². The number of nitrogens with zero attached hydrogens (tertiary/aromatic N) is 4. The maximum Gasteiger partial charge on any atom is 0.166 e. The molecule has 2 aliphatic rings. The van der Waals surface area contributed by atoms with Gasteiger partial charge in [0.1, 0.15) is 0 Å². The van der Waals surface area contributed by atoms with E-state index < -0.39 is 0 Å². The van der Waals surface area contributed by atoms with Crippen molar-refractivity contribution in [3.63, 3.8) is 0 Å². The number of ether oxygens (including phenoxy) is 1. The summed E-state index contributed by atoms with van der Waals surface area (Å²) in [5, 5.41) is 10.8. The largest absolute Gasteiger partial charge is 0.395 e. The lowest BCUT2D eigenvalue weighted by molar-refractivity contribution is 0.0350. The number of imidazole rings is 1. The van der Waals surface area contributed by atoms with E-state index >= 15 is 0 Å². The molecule has 0 spiro atoms. The van der Waals surface area contributed by atoms with E-state index in [2.05, 4.69) is 39.6 Å². The molecule has 1 aromatic carbocycles. The maximum absolute atomic E-state index is 9.14. The van der Waals surface area contributed by atoms with Gasteiger partial charge in [-0.25, -0.2) is 4.98 Å². The SMILES string of the molecule is CC(C)(CN1CCOCC1)Sc1nc2cc(N3CCN(CCO)CC3)c(Cl)cc2[nH]1.Cl.Cl.Cl. The Hall–Kier alpha value is -0.160. The minimum Gasteiger partial charge on any atom is -0.395 e. The van der Waals surface area contributed by atoms with Gasteiger partial charge in [-0.15, -0.1) is 37.2 Å². The van der Waals surface area contributed by atoms with Crippen molar-refractivity contribution in [2.45, 2.75) is 23.8 Å². The second kappa shape index (κ2) is 13.8. The Labute approximate surface area is 224 Å². The van der Waals surface area contributed by atoms with E-state index in [-0.39, 0.29) is 48.6 Å². The molecule has 7 nitrogen and oxygen atoms in total. The lowest BCUT2D eigenvalue weighted by Gasteiger charge is -2.36. The molecule has 0 aliphatic carbocycles. The number of hydrogen-bond donors (Lipinski definition) is 2. The number of halogens is 4. The number of aromatic nitrogens is 2. The Balaban J connectivity index is 0.00000181. The Kier molecular flexibility index (Phi) is 12.9. The zero-order valence-electron chi connectivity index (χ0n) is 19.1. The van der Waals surface area contributed by atoms with Crippen LogP contribution in [0.15, 0.2) is 17.3 Å². The quantitative estimate of drug-likeness (QED) is 0.497. The van der Waals surface area contributed by atoms with Gasteiger partial charge >= 0.3 is 0 Å². The number of fused-ring (bicyclic) bond motifs is 1. The van der Waals surface area contributed by atoms with E-state index in [1.54, 1.807) is 11.8 Å². The molecule has 2 N–H and O–H groups in total. The molecule has 0 saturated carbocycles. The summed E-state index contributed by atoms with van der Waals surface area (Å²) in [4.78, 5) is 15.4. The van der Waals surface area contributed by atoms with Crippen molar-refractivity contribution < 1.29 is 9.84 Å². The van der Waals surface area contributed by atoms with Gasteiger partial charge in [0.2, 0.25) is 0 Å². The second-order valence-electron chi connectivity index (χ2n) is 8.67. The zero-order chi connectivity index (χ0) is 21.1. The highest BCUT2D eigenvalue weighted by molar-refractivity contribution is 8.00. The molecule has 3 heterocycles. The van der Waals surface area contributed by atoms with Crippen molar-refractivity contribution in [3.05, 3.63) is 17.2 Å². The molecule has 190 valence electrons. The molecule has 33 heavy (non-hydrogen) atoms. The van der Waals surface area contributed by atoms with Crippen LogP contribution < -0.4 is 4.90 Å². The third-order valence-electron chi connectivity index (χ3n) is 5.74. The second-order valence-corrected chi connectivity index (χ2v) is 10.8. The van der Waals surface area contributed by atoms with E-state index in [1.165, 1.54) is 0 Å². The van der Waals surface area contributed by atoms with Gasteiger partial charge in [0, 0.05) is 57.1 Å². The highest BCUT2D eigenvalue weighted by atomic mass is 35.5. The first-order valence-corrected chi connectivity index (χ1v) is 11.9. The minimum atomic E-state index is 0. The zero-order valence-corrected chi connectivity index (χ0v) is 23.1. The van der Waals surface area contributed by atoms with Crippen molar-refractivity contribution in [3.8, 4) is 0 Å². The molecular weight excluding hydrogens is 528 g/mol. The molecular formula is C21H35Cl4N5O2S. The highest BCUT2D eigenvalue weighted by Crippen LogP contribution is 2.36. The van der Waals surface area contributed by atoms with Gasteiger partial charge in [-0.1, -0.05) is 23.4 Å². The van der Waals surface area contributed by atoms with E-state index in [9.17, 15) is 0 Å². The number of thioether (sulfide) groups is 1. The number of anilines is 1. The normalized spacial score (nSPS) is 17.9. The Morgan fingerprint density at radius 1 is 1.06 bits per heavy atom. The van der Waals surface area contributed by atoms with Gasteiger partial charge < -0.3 is 19.7 Å². The van der Waals surface area contributed by atoms with Crippen LogP contribution in [0.4, 0.5) is 5.69 Å². The van der Waals surface area contributed by atoms with Crippen LogP contribution in [-0.2, 0) is 4.74 Å². The molecule has 0 amide bonds. The van der Waals surface area contributed by atoms with Crippen molar-refractivity contribution in [2.24, 2.45) is 0 Å². The number of β-amino-alcohol motifs (C(OH)–C–C–N with tert-alkyl or cyclic N) is 1. The fourth-order valence-electron chi connectivity index (χ4n) is 4.23. The summed E-state index contributed by atoms with van der Waals surface area (Å²) in [6.45, 7) is 13.8. The molecule has 2 fully saturated rings. The molecule has 0 bridgehead atoms. The van der Waals surface area contributed by atoms with Gasteiger partial charge in [0.05, 0.1) is 41.6 Å². The third-order valence-corrected chi connectivity index (χ3v) is 7.11. The number of aliphatic hydroxyl groups is 1. The maximum atomic E-state index is 9.14. The van der Waals surface area contributed by atoms with Crippen molar-refractivity contribution in [1.29, 1.82) is 0 Å². The first kappa shape index (κ1) is 30.9. The number of piperazine rings is 1. The average molecular weight is 563 g/mol. The van der Waals surface area contributed by atoms with Crippen LogP contribution in [0.1, 0.15) is 13.8 Å². The van der Waals surface area contributed by atoms with Gasteiger partial charge in [-0.3, -0.25) is 9.80 Å². The monoisotopic (exact) mass is 561 g/mol. The molecule has 12 heteroatoms. The lowest BCUT2D eigenvalue weighted by Crippen LogP contribution is -2.47. The molecule has 0 unspecified atom stereocenters. The number of H-pyrrole nitrogens is 1. The van der Waals surface area contributed by atoms with Crippen LogP contribution in [0.5, 0.6) is 0 Å². The number of nitrogens with one attached hydrogen (secondary N) is 1. The Morgan fingerprint density at radius 3 is 2.36 bits per heavy atom. The van der Waals surface area contributed by atoms with E-state index in [0.29, 0.717) is 0 Å². The van der Waals surface area contributed by atoms with E-state index in [0.717, 1.165) is 92.5 Å². The fourth-order valence-corrected chi connectivity index (χ4v) is 5.59. The summed E-state index contributed by atoms with van der Waals surface area (Å²) in [6.07, 6.45) is 0. The van der Waals surface area contributed by atoms with Crippen LogP contribution in [0.2, 0.25) is 5.02 Å². The topological polar surface area (TPSA) is 67.9 Å². The summed E-state index contributed by atoms with van der Waals surface area (Å²) in [5.74, 6) is 0. The van der Waals surface area contributed by atoms with Crippen LogP contribution in [0, 0.1) is 0 Å². The van der Waals surface area contributed by atoms with Gasteiger partial charge in [0.25, 0.3) is 0 Å². The fraction of sp³-hybridized carbons (Fsp3) is 0.667. The number of hydrogen-bond acceptors (Lipinski definition) is 7. The summed E-state index contributed by atoms with van der Waals surface area (Å²) < 4.78 is 5.51. The Morgan fingerprint density at radius 2 is 1.73 bits per heavy atom. The summed E-state index contributed by atoms with van der Waals surface area (Å²) in [7, 11) is 0. The van der Waals surface area contributed by atoms with E-state index in [1.807, 2.05) is 6.07 Å². The van der Waals surface area contributed by atoms with Crippen LogP contribution in [-0.4, -0.2) is 102 Å². The molecule has 1 aromatic heterocycles. The molecule has 2 aliphatic heterocycles. The predicted octanol–water partition coefficient (Wildman–Crippen LogP) is 3.80. The standard InChI is InChI=1S/C21H32ClN5O2S.3ClH/c1-21(2,15-26-8-11-29-12-9-26)30-20-23-17-13-16(22)19(14-18(17)24-20)27-5-3-25(4-6-27)7-10-28;;;/h13-14,28H,3-12,15H2,1-2H3,(H,23,24);3*1H. The van der Waals surface area contributed by atoms with Crippen LogP contribution in [0.3, 0.4) is 0 Å². The number of morpholine rings is 1. The molecule has 4 rings (SSSR count). The minimum absolute atomic E-state index is 0. The molecule has 0 radical (unpaired) electrons. The highest BCUT2D eigenvalue weighted by Gasteiger charge is 2.26. The summed E-state index contributed by atoms with van der Waals surface area (Å²) in [5.41, 5.74) is 2.98. The lowest BCUT2D eigenvalue weighted by atomic mass is 10.2. The van der Waals surface area contributed by atoms with Crippen molar-refractivity contribution in [1.82, 2.24) is 19.8 Å². The van der Waals surface area contributed by atoms with Gasteiger partial charge in [0.15, 0.2) is 5.16 Å². The number of aliphatic hydroxyl groups excluding tert-OH is 1. The molecule has 2 saturated heterocycles. The number of aromatic amines is 1. The van der Waals surface area contributed by atoms with Crippen molar-refractivity contribution in [2.75, 3.05) is 77.1 Å². The first-order valence-electron chi connectivity index (χ1n) is 10.7. The Bertz CT molecular complexity index is 859. The van der Waals surface area contributed by atoms with Crippen LogP contribution >= 0.6 is 60.6 Å². The number of benzene rings is 1. The van der Waals surface area contributed by atoms with Gasteiger partial charge in [-0.2, -0.15) is 0 Å². The van der Waals surface area contributed by atoms with Crippen molar-refractivity contribution >= 4 is 77.3 Å². The smallest absolute Gasteiger partial charge is 0.166 e. The molecule has 2 aromatic rings. The molecule has 0 atom stereocenters. The summed E-state index contributed by atoms with van der Waals surface area (Å²) >= 11 is 8.42. The first-order chi connectivity index (χ1) is 14.4. The summed E-state index contributed by atoms with van der Waals surface area (Å²) in [6, 6.07) is 4.10.